The molecular weight excluding hydrogens is 402 g/mol. The first kappa shape index (κ1) is 23.8. The molecule has 5 nitrogen and oxygen atoms in total. The maximum absolute atomic E-state index is 12.6. The Balaban J connectivity index is 1.34. The van der Waals surface area contributed by atoms with E-state index in [4.69, 9.17) is 4.74 Å². The molecule has 4 aliphatic rings. The van der Waals surface area contributed by atoms with E-state index < -0.39 is 0 Å². The van der Waals surface area contributed by atoms with E-state index in [1.165, 1.54) is 19.3 Å². The molecule has 32 heavy (non-hydrogen) atoms. The first-order chi connectivity index (χ1) is 15.3. The lowest BCUT2D eigenvalue weighted by Gasteiger charge is -2.60. The van der Waals surface area contributed by atoms with Crippen LogP contribution >= 0.6 is 0 Å². The summed E-state index contributed by atoms with van der Waals surface area (Å²) in [7, 11) is 0. The molecule has 0 aliphatic heterocycles. The number of fused-ring (bicyclic) bond motifs is 5. The van der Waals surface area contributed by atoms with Gasteiger partial charge in [0.15, 0.2) is 0 Å². The number of hydrogen-bond donors (Lipinski definition) is 1. The molecule has 0 radical (unpaired) electrons. The van der Waals surface area contributed by atoms with E-state index in [0.29, 0.717) is 41.4 Å². The number of Topliss-reactive ketones (excluding diaryl/α,β-unsaturated/α-hetero) is 1. The van der Waals surface area contributed by atoms with Gasteiger partial charge in [-0.1, -0.05) is 27.2 Å². The molecule has 4 fully saturated rings. The standard InChI is InChI=1S/C27H43NO4/c1-4-5-16-28-24(30)10-11-25(31)32-23-9-8-21-20-7-6-18-17-19(29)12-14-26(18,2)22(20)13-15-27(21,23)3/h18,20-23H,4-17H2,1-3H3,(H,28,30)/t18-,20-,21-,22-,23-,26-,27-/m0/s1. The molecule has 4 rings (SSSR count). The number of ketones is 1. The van der Waals surface area contributed by atoms with Crippen molar-refractivity contribution in [3.05, 3.63) is 0 Å². The molecule has 4 saturated carbocycles. The van der Waals surface area contributed by atoms with Gasteiger partial charge in [-0.15, -0.1) is 0 Å². The van der Waals surface area contributed by atoms with Crippen molar-refractivity contribution in [2.75, 3.05) is 6.54 Å². The van der Waals surface area contributed by atoms with Crippen LogP contribution < -0.4 is 5.32 Å². The number of ether oxygens (including phenoxy) is 1. The highest BCUT2D eigenvalue weighted by atomic mass is 16.5. The second-order valence-corrected chi connectivity index (χ2v) is 11.7. The Morgan fingerprint density at radius 1 is 1.00 bits per heavy atom. The van der Waals surface area contributed by atoms with Gasteiger partial charge in [-0.25, -0.2) is 0 Å². The minimum absolute atomic E-state index is 0.0115. The van der Waals surface area contributed by atoms with Crippen LogP contribution in [0.1, 0.15) is 104 Å². The Morgan fingerprint density at radius 3 is 2.56 bits per heavy atom. The molecule has 0 aromatic carbocycles. The molecule has 5 heteroatoms. The fourth-order valence-corrected chi connectivity index (χ4v) is 8.12. The van der Waals surface area contributed by atoms with Gasteiger partial charge in [0, 0.05) is 31.2 Å². The van der Waals surface area contributed by atoms with E-state index in [-0.39, 0.29) is 36.2 Å². The van der Waals surface area contributed by atoms with Crippen molar-refractivity contribution in [2.45, 2.75) is 110 Å². The van der Waals surface area contributed by atoms with E-state index in [9.17, 15) is 14.4 Å². The molecule has 0 bridgehead atoms. The van der Waals surface area contributed by atoms with Crippen LogP contribution in [0.4, 0.5) is 0 Å². The van der Waals surface area contributed by atoms with E-state index in [1.54, 1.807) is 0 Å². The molecule has 0 aromatic heterocycles. The zero-order valence-corrected chi connectivity index (χ0v) is 20.4. The van der Waals surface area contributed by atoms with E-state index >= 15 is 0 Å². The third-order valence-electron chi connectivity index (χ3n) is 10.1. The Hall–Kier alpha value is -1.39. The van der Waals surface area contributed by atoms with Crippen LogP contribution in [0, 0.1) is 34.5 Å². The first-order valence-corrected chi connectivity index (χ1v) is 13.3. The molecule has 0 aromatic rings. The number of unbranched alkanes of at least 4 members (excludes halogenated alkanes) is 1. The molecule has 0 unspecified atom stereocenters. The summed E-state index contributed by atoms with van der Waals surface area (Å²) >= 11 is 0. The number of carbonyl (C=O) groups excluding carboxylic acids is 3. The highest BCUT2D eigenvalue weighted by molar-refractivity contribution is 5.81. The van der Waals surface area contributed by atoms with Crippen LogP contribution in [0.2, 0.25) is 0 Å². The summed E-state index contributed by atoms with van der Waals surface area (Å²) in [6.45, 7) is 7.61. The average molecular weight is 446 g/mol. The van der Waals surface area contributed by atoms with Crippen molar-refractivity contribution in [1.29, 1.82) is 0 Å². The number of rotatable bonds is 7. The Labute approximate surface area is 193 Å². The van der Waals surface area contributed by atoms with Crippen molar-refractivity contribution in [3.63, 3.8) is 0 Å². The lowest BCUT2D eigenvalue weighted by molar-refractivity contribution is -0.164. The predicted molar refractivity (Wildman–Crippen MR) is 124 cm³/mol. The van der Waals surface area contributed by atoms with Crippen molar-refractivity contribution in [3.8, 4) is 0 Å². The summed E-state index contributed by atoms with van der Waals surface area (Å²) in [4.78, 5) is 36.6. The topological polar surface area (TPSA) is 72.5 Å². The van der Waals surface area contributed by atoms with Crippen molar-refractivity contribution in [1.82, 2.24) is 5.32 Å². The van der Waals surface area contributed by atoms with Crippen LogP contribution in [-0.2, 0) is 19.1 Å². The van der Waals surface area contributed by atoms with E-state index in [0.717, 1.165) is 51.4 Å². The van der Waals surface area contributed by atoms with Gasteiger partial charge in [-0.3, -0.25) is 14.4 Å². The number of amides is 1. The summed E-state index contributed by atoms with van der Waals surface area (Å²) in [5.74, 6) is 2.82. The van der Waals surface area contributed by atoms with Crippen LogP contribution in [-0.4, -0.2) is 30.3 Å². The smallest absolute Gasteiger partial charge is 0.306 e. The summed E-state index contributed by atoms with van der Waals surface area (Å²) in [6.07, 6.45) is 11.9. The SMILES string of the molecule is CCCCNC(=O)CCC(=O)O[C@H]1CC[C@H]2[C@@H]3CC[C@H]4CC(=O)CC[C@]4(C)[C@H]3CC[C@]12C. The second kappa shape index (κ2) is 9.46. The summed E-state index contributed by atoms with van der Waals surface area (Å²) < 4.78 is 6.02. The summed E-state index contributed by atoms with van der Waals surface area (Å²) in [5, 5.41) is 2.88. The van der Waals surface area contributed by atoms with E-state index in [2.05, 4.69) is 26.1 Å². The normalized spacial score (nSPS) is 40.7. The van der Waals surface area contributed by atoms with Crippen molar-refractivity contribution in [2.24, 2.45) is 34.5 Å². The van der Waals surface area contributed by atoms with Crippen molar-refractivity contribution >= 4 is 17.7 Å². The fraction of sp³-hybridized carbons (Fsp3) is 0.889. The van der Waals surface area contributed by atoms with Gasteiger partial charge in [0.25, 0.3) is 0 Å². The first-order valence-electron chi connectivity index (χ1n) is 13.3. The third kappa shape index (κ3) is 4.37. The van der Waals surface area contributed by atoms with Gasteiger partial charge in [0.2, 0.25) is 5.91 Å². The fourth-order valence-electron chi connectivity index (χ4n) is 8.12. The average Bonchev–Trinajstić information content (AvgIpc) is 3.09. The number of hydrogen-bond acceptors (Lipinski definition) is 4. The highest BCUT2D eigenvalue weighted by Gasteiger charge is 2.61. The zero-order valence-electron chi connectivity index (χ0n) is 20.4. The number of carbonyl (C=O) groups is 3. The number of esters is 1. The highest BCUT2D eigenvalue weighted by Crippen LogP contribution is 2.66. The second-order valence-electron chi connectivity index (χ2n) is 11.7. The third-order valence-corrected chi connectivity index (χ3v) is 10.1. The van der Waals surface area contributed by atoms with Crippen molar-refractivity contribution < 1.29 is 19.1 Å². The molecule has 4 aliphatic carbocycles. The molecular formula is C27H43NO4. The molecule has 180 valence electrons. The van der Waals surface area contributed by atoms with Crippen LogP contribution in [0.25, 0.3) is 0 Å². The molecule has 0 saturated heterocycles. The molecule has 0 spiro atoms. The Bertz CT molecular complexity index is 735. The maximum Gasteiger partial charge on any atom is 0.306 e. The quantitative estimate of drug-likeness (QED) is 0.431. The molecule has 7 atom stereocenters. The largest absolute Gasteiger partial charge is 0.462 e. The zero-order chi connectivity index (χ0) is 22.9. The Kier molecular flexibility index (Phi) is 7.03. The van der Waals surface area contributed by atoms with Gasteiger partial charge in [-0.05, 0) is 80.5 Å². The lowest BCUT2D eigenvalue weighted by atomic mass is 9.45. The minimum atomic E-state index is -0.217. The van der Waals surface area contributed by atoms with Crippen LogP contribution in [0.3, 0.4) is 0 Å². The van der Waals surface area contributed by atoms with Crippen LogP contribution in [0.5, 0.6) is 0 Å². The predicted octanol–water partition coefficient (Wildman–Crippen LogP) is 5.21. The lowest BCUT2D eigenvalue weighted by Crippen LogP contribution is -2.54. The van der Waals surface area contributed by atoms with Gasteiger partial charge in [-0.2, -0.15) is 0 Å². The van der Waals surface area contributed by atoms with Crippen LogP contribution in [0.15, 0.2) is 0 Å². The molecule has 1 amide bonds. The van der Waals surface area contributed by atoms with Gasteiger partial charge < -0.3 is 10.1 Å². The summed E-state index contributed by atoms with van der Waals surface area (Å²) in [6, 6.07) is 0. The molecule has 0 heterocycles. The minimum Gasteiger partial charge on any atom is -0.462 e. The number of nitrogens with one attached hydrogen (secondary N) is 1. The summed E-state index contributed by atoms with van der Waals surface area (Å²) in [5.41, 5.74) is 0.381. The van der Waals surface area contributed by atoms with Gasteiger partial charge in [0.05, 0.1) is 6.42 Å². The monoisotopic (exact) mass is 445 g/mol. The van der Waals surface area contributed by atoms with Gasteiger partial charge in [0.1, 0.15) is 11.9 Å². The van der Waals surface area contributed by atoms with E-state index in [1.807, 2.05) is 0 Å². The molecule has 1 N–H and O–H groups in total. The van der Waals surface area contributed by atoms with Gasteiger partial charge >= 0.3 is 5.97 Å². The Morgan fingerprint density at radius 2 is 1.78 bits per heavy atom. The maximum atomic E-state index is 12.6.